The summed E-state index contributed by atoms with van der Waals surface area (Å²) in [6.45, 7) is 0. The number of carbonyl (C=O) groups is 2. The second-order valence-corrected chi connectivity index (χ2v) is 5.22. The lowest BCUT2D eigenvalue weighted by atomic mass is 9.76. The van der Waals surface area contributed by atoms with Crippen LogP contribution in [-0.2, 0) is 14.3 Å². The highest BCUT2D eigenvalue weighted by atomic mass is 16.6. The van der Waals surface area contributed by atoms with Crippen LogP contribution in [0.1, 0.15) is 32.1 Å². The monoisotopic (exact) mass is 222 g/mol. The summed E-state index contributed by atoms with van der Waals surface area (Å²) in [5.41, 5.74) is -0.00676. The summed E-state index contributed by atoms with van der Waals surface area (Å²) in [6.07, 6.45) is 5.48. The number of hydrogen-bond donors (Lipinski definition) is 1. The molecule has 3 rings (SSSR count). The molecule has 0 amide bonds. The van der Waals surface area contributed by atoms with Gasteiger partial charge in [0.05, 0.1) is 11.7 Å². The van der Waals surface area contributed by atoms with Crippen molar-refractivity contribution in [2.45, 2.75) is 38.2 Å². The summed E-state index contributed by atoms with van der Waals surface area (Å²) in [5.74, 6) is -0.617. The van der Waals surface area contributed by atoms with Crippen molar-refractivity contribution in [3.8, 4) is 0 Å². The zero-order chi connectivity index (χ0) is 11.3. The maximum Gasteiger partial charge on any atom is 0.344 e. The number of cyclic esters (lactones) is 2. The van der Waals surface area contributed by atoms with E-state index in [1.165, 1.54) is 0 Å². The number of esters is 2. The van der Waals surface area contributed by atoms with Crippen LogP contribution in [0.2, 0.25) is 0 Å². The minimum Gasteiger partial charge on any atom is -0.388 e. The van der Waals surface area contributed by atoms with Crippen LogP contribution in [0.5, 0.6) is 0 Å². The third kappa shape index (κ3) is 1.26. The van der Waals surface area contributed by atoms with Gasteiger partial charge in [-0.2, -0.15) is 0 Å². The molecule has 3 aliphatic rings. The van der Waals surface area contributed by atoms with Gasteiger partial charge in [-0.1, -0.05) is 0 Å². The minimum absolute atomic E-state index is 0.160. The molecule has 1 atom stereocenters. The van der Waals surface area contributed by atoms with Gasteiger partial charge in [0.15, 0.2) is 0 Å². The average molecular weight is 222 g/mol. The highest BCUT2D eigenvalue weighted by Gasteiger charge is 2.52. The molecule has 2 aliphatic carbocycles. The van der Waals surface area contributed by atoms with E-state index in [4.69, 9.17) is 0 Å². The number of aliphatic hydroxyl groups is 1. The summed E-state index contributed by atoms with van der Waals surface area (Å²) in [4.78, 5) is 22.3. The van der Waals surface area contributed by atoms with Crippen molar-refractivity contribution in [1.29, 1.82) is 0 Å². The first-order valence-corrected chi connectivity index (χ1v) is 5.76. The van der Waals surface area contributed by atoms with Crippen LogP contribution in [0.4, 0.5) is 0 Å². The van der Waals surface area contributed by atoms with Crippen molar-refractivity contribution in [2.75, 3.05) is 0 Å². The summed E-state index contributed by atoms with van der Waals surface area (Å²) in [6, 6.07) is 0. The zero-order valence-corrected chi connectivity index (χ0v) is 8.94. The van der Waals surface area contributed by atoms with Crippen molar-refractivity contribution >= 4 is 11.9 Å². The van der Waals surface area contributed by atoms with Crippen LogP contribution in [-0.4, -0.2) is 23.1 Å². The molecule has 2 saturated carbocycles. The van der Waals surface area contributed by atoms with Crippen molar-refractivity contribution < 1.29 is 19.4 Å². The van der Waals surface area contributed by atoms with Crippen molar-refractivity contribution in [1.82, 2.24) is 0 Å². The Labute approximate surface area is 93.3 Å². The van der Waals surface area contributed by atoms with Crippen molar-refractivity contribution in [3.05, 3.63) is 11.6 Å². The van der Waals surface area contributed by atoms with Gasteiger partial charge in [0.1, 0.15) is 0 Å². The molecular weight excluding hydrogens is 208 g/mol. The standard InChI is InChI=1S/C12H14O4/c13-9-5-8(11(15)16-9)10(14)12-3-1-7(6-12)2-4-12/h5,7,10,14H,1-4,6H2. The molecule has 0 saturated heterocycles. The number of ether oxygens (including phenoxy) is 1. The number of carbonyl (C=O) groups excluding carboxylic acids is 2. The molecule has 0 radical (unpaired) electrons. The summed E-state index contributed by atoms with van der Waals surface area (Å²) >= 11 is 0. The fraction of sp³-hybridized carbons (Fsp3) is 0.667. The zero-order valence-electron chi connectivity index (χ0n) is 8.94. The smallest absolute Gasteiger partial charge is 0.344 e. The molecule has 2 fully saturated rings. The third-order valence-corrected chi connectivity index (χ3v) is 4.37. The van der Waals surface area contributed by atoms with Crippen molar-refractivity contribution in [3.63, 3.8) is 0 Å². The fourth-order valence-corrected chi connectivity index (χ4v) is 3.51. The lowest BCUT2D eigenvalue weighted by molar-refractivity contribution is -0.151. The first-order valence-electron chi connectivity index (χ1n) is 5.76. The highest BCUT2D eigenvalue weighted by Crippen LogP contribution is 2.57. The molecule has 4 nitrogen and oxygen atoms in total. The molecule has 1 heterocycles. The van der Waals surface area contributed by atoms with Crippen LogP contribution in [0, 0.1) is 11.3 Å². The first kappa shape index (κ1) is 10.0. The normalized spacial score (nSPS) is 38.8. The SMILES string of the molecule is O=C1C=C(C(O)C23CCC(CC2)C3)C(=O)O1. The third-order valence-electron chi connectivity index (χ3n) is 4.37. The summed E-state index contributed by atoms with van der Waals surface area (Å²) in [7, 11) is 0. The lowest BCUT2D eigenvalue weighted by Gasteiger charge is -2.31. The molecule has 86 valence electrons. The van der Waals surface area contributed by atoms with Gasteiger partial charge in [0.25, 0.3) is 0 Å². The largest absolute Gasteiger partial charge is 0.388 e. The van der Waals surface area contributed by atoms with Crippen LogP contribution in [0.15, 0.2) is 11.6 Å². The van der Waals surface area contributed by atoms with E-state index >= 15 is 0 Å². The van der Waals surface area contributed by atoms with Crippen LogP contribution in [0.3, 0.4) is 0 Å². The minimum atomic E-state index is -0.820. The van der Waals surface area contributed by atoms with Crippen molar-refractivity contribution in [2.24, 2.45) is 11.3 Å². The molecule has 0 spiro atoms. The molecule has 1 N–H and O–H groups in total. The van der Waals surface area contributed by atoms with Crippen LogP contribution in [0.25, 0.3) is 0 Å². The van der Waals surface area contributed by atoms with E-state index in [2.05, 4.69) is 4.74 Å². The summed E-state index contributed by atoms with van der Waals surface area (Å²) < 4.78 is 4.43. The highest BCUT2D eigenvalue weighted by molar-refractivity contribution is 6.09. The quantitative estimate of drug-likeness (QED) is 0.558. The summed E-state index contributed by atoms with van der Waals surface area (Å²) in [5, 5.41) is 10.3. The molecular formula is C12H14O4. The number of aliphatic hydroxyl groups excluding tert-OH is 1. The maximum absolute atomic E-state index is 11.4. The predicted octanol–water partition coefficient (Wildman–Crippen LogP) is 0.937. The molecule has 1 aliphatic heterocycles. The van der Waals surface area contributed by atoms with Gasteiger partial charge < -0.3 is 9.84 Å². The van der Waals surface area contributed by atoms with Crippen LogP contribution < -0.4 is 0 Å². The van der Waals surface area contributed by atoms with Gasteiger partial charge in [-0.25, -0.2) is 9.59 Å². The van der Waals surface area contributed by atoms with Crippen LogP contribution >= 0.6 is 0 Å². The fourth-order valence-electron chi connectivity index (χ4n) is 3.51. The molecule has 0 aromatic rings. The van der Waals surface area contributed by atoms with E-state index in [0.717, 1.165) is 38.2 Å². The Balaban J connectivity index is 1.88. The Kier molecular flexibility index (Phi) is 1.98. The van der Waals surface area contributed by atoms with Gasteiger partial charge in [0, 0.05) is 11.5 Å². The molecule has 4 heteroatoms. The van der Waals surface area contributed by atoms with Gasteiger partial charge in [-0.3, -0.25) is 0 Å². The molecule has 0 aromatic carbocycles. The van der Waals surface area contributed by atoms with E-state index < -0.39 is 18.0 Å². The Hall–Kier alpha value is -1.16. The van der Waals surface area contributed by atoms with E-state index in [1.54, 1.807) is 0 Å². The molecule has 1 unspecified atom stereocenters. The first-order chi connectivity index (χ1) is 7.61. The van der Waals surface area contributed by atoms with Gasteiger partial charge in [0.2, 0.25) is 0 Å². The Morgan fingerprint density at radius 3 is 2.50 bits per heavy atom. The second kappa shape index (κ2) is 3.17. The number of fused-ring (bicyclic) bond motifs is 2. The topological polar surface area (TPSA) is 63.6 Å². The maximum atomic E-state index is 11.4. The van der Waals surface area contributed by atoms with Gasteiger partial charge in [-0.05, 0) is 38.0 Å². The lowest BCUT2D eigenvalue weighted by Crippen LogP contribution is -2.34. The van der Waals surface area contributed by atoms with E-state index in [1.807, 2.05) is 0 Å². The van der Waals surface area contributed by atoms with Gasteiger partial charge in [-0.15, -0.1) is 0 Å². The Morgan fingerprint density at radius 1 is 1.38 bits per heavy atom. The second-order valence-electron chi connectivity index (χ2n) is 5.22. The predicted molar refractivity (Wildman–Crippen MR) is 54.2 cm³/mol. The number of hydrogen-bond acceptors (Lipinski definition) is 4. The average Bonchev–Trinajstić information content (AvgIpc) is 2.92. The molecule has 0 aromatic heterocycles. The Morgan fingerprint density at radius 2 is 2.06 bits per heavy atom. The molecule has 2 bridgehead atoms. The van der Waals surface area contributed by atoms with Gasteiger partial charge >= 0.3 is 11.9 Å². The van der Waals surface area contributed by atoms with E-state index in [0.29, 0.717) is 5.92 Å². The Bertz CT molecular complexity index is 388. The number of rotatable bonds is 2. The molecule has 16 heavy (non-hydrogen) atoms. The van der Waals surface area contributed by atoms with E-state index in [9.17, 15) is 14.7 Å². The van der Waals surface area contributed by atoms with E-state index in [-0.39, 0.29) is 11.0 Å².